The van der Waals surface area contributed by atoms with Crippen LogP contribution in [-0.2, 0) is 0 Å². The minimum atomic E-state index is 0.128. The minimum absolute atomic E-state index is 0.128. The summed E-state index contributed by atoms with van der Waals surface area (Å²) in [5.41, 5.74) is 0.725. The Morgan fingerprint density at radius 1 is 1.44 bits per heavy atom. The van der Waals surface area contributed by atoms with Gasteiger partial charge in [-0.3, -0.25) is 4.79 Å². The number of rotatable bonds is 2. The molecule has 1 atom stereocenters. The third kappa shape index (κ3) is 2.81. The molecule has 2 rings (SSSR count). The highest BCUT2D eigenvalue weighted by atomic mass is 16.2. The number of nitrogens with one attached hydrogen (secondary N) is 1. The van der Waals surface area contributed by atoms with E-state index in [-0.39, 0.29) is 5.91 Å². The first-order valence-electron chi connectivity index (χ1n) is 6.67. The highest BCUT2D eigenvalue weighted by Gasteiger charge is 2.23. The summed E-state index contributed by atoms with van der Waals surface area (Å²) in [6, 6.07) is 3.95. The van der Waals surface area contributed by atoms with Crippen molar-refractivity contribution in [2.24, 2.45) is 0 Å². The molecule has 2 heterocycles. The third-order valence-corrected chi connectivity index (χ3v) is 3.58. The second kappa shape index (κ2) is 5.85. The molecule has 0 bridgehead atoms. The molecular formula is C14H21N3O. The number of likely N-dealkylation sites (tertiary alicyclic amines) is 1. The zero-order valence-corrected chi connectivity index (χ0v) is 11.1. The highest BCUT2D eigenvalue weighted by molar-refractivity contribution is 5.95. The summed E-state index contributed by atoms with van der Waals surface area (Å²) in [6.45, 7) is 3.01. The Hall–Kier alpha value is -1.58. The summed E-state index contributed by atoms with van der Waals surface area (Å²) in [7, 11) is 1.81. The van der Waals surface area contributed by atoms with Crippen LogP contribution in [0.5, 0.6) is 0 Å². The van der Waals surface area contributed by atoms with Crippen LogP contribution in [0.2, 0.25) is 0 Å². The fraction of sp³-hybridized carbons (Fsp3) is 0.571. The molecule has 18 heavy (non-hydrogen) atoms. The molecule has 0 spiro atoms. The predicted octanol–water partition coefficient (Wildman–Crippen LogP) is 2.53. The van der Waals surface area contributed by atoms with Crippen LogP contribution in [-0.4, -0.2) is 35.4 Å². The number of carbonyl (C=O) groups is 1. The quantitative estimate of drug-likeness (QED) is 0.873. The van der Waals surface area contributed by atoms with Gasteiger partial charge in [-0.15, -0.1) is 0 Å². The van der Waals surface area contributed by atoms with Crippen molar-refractivity contribution >= 4 is 11.7 Å². The SMILES string of the molecule is CNc1cc(C(=O)N2CCCCCC2C)ccn1. The van der Waals surface area contributed by atoms with Crippen molar-refractivity contribution < 1.29 is 4.79 Å². The third-order valence-electron chi connectivity index (χ3n) is 3.58. The van der Waals surface area contributed by atoms with Crippen LogP contribution in [0.1, 0.15) is 43.0 Å². The second-order valence-corrected chi connectivity index (χ2v) is 4.88. The molecule has 4 nitrogen and oxygen atoms in total. The van der Waals surface area contributed by atoms with Gasteiger partial charge in [0.25, 0.3) is 5.91 Å². The zero-order chi connectivity index (χ0) is 13.0. The molecule has 0 aromatic carbocycles. The van der Waals surface area contributed by atoms with Gasteiger partial charge in [0.2, 0.25) is 0 Å². The first-order valence-corrected chi connectivity index (χ1v) is 6.67. The number of hydrogen-bond acceptors (Lipinski definition) is 3. The standard InChI is InChI=1S/C14H21N3O/c1-11-6-4-3-5-9-17(11)14(18)12-7-8-16-13(10-12)15-2/h7-8,10-11H,3-6,9H2,1-2H3,(H,15,16). The van der Waals surface area contributed by atoms with Crippen LogP contribution in [0.15, 0.2) is 18.3 Å². The first kappa shape index (κ1) is 12.9. The summed E-state index contributed by atoms with van der Waals surface area (Å²) in [5, 5.41) is 2.97. The van der Waals surface area contributed by atoms with Crippen molar-refractivity contribution in [1.29, 1.82) is 0 Å². The zero-order valence-electron chi connectivity index (χ0n) is 11.1. The summed E-state index contributed by atoms with van der Waals surface area (Å²) >= 11 is 0. The largest absolute Gasteiger partial charge is 0.373 e. The lowest BCUT2D eigenvalue weighted by Crippen LogP contribution is -2.38. The Morgan fingerprint density at radius 3 is 3.06 bits per heavy atom. The van der Waals surface area contributed by atoms with Crippen molar-refractivity contribution in [2.75, 3.05) is 18.9 Å². The van der Waals surface area contributed by atoms with E-state index in [1.54, 1.807) is 12.3 Å². The number of nitrogens with zero attached hydrogens (tertiary/aromatic N) is 2. The van der Waals surface area contributed by atoms with E-state index in [9.17, 15) is 4.79 Å². The predicted molar refractivity (Wildman–Crippen MR) is 72.8 cm³/mol. The Morgan fingerprint density at radius 2 is 2.28 bits per heavy atom. The Bertz CT molecular complexity index is 419. The van der Waals surface area contributed by atoms with Crippen molar-refractivity contribution in [2.45, 2.75) is 38.6 Å². The van der Waals surface area contributed by atoms with Crippen LogP contribution in [0.25, 0.3) is 0 Å². The molecule has 1 aromatic rings. The molecule has 4 heteroatoms. The van der Waals surface area contributed by atoms with Gasteiger partial charge in [-0.2, -0.15) is 0 Å². The van der Waals surface area contributed by atoms with Gasteiger partial charge in [0.15, 0.2) is 0 Å². The summed E-state index contributed by atoms with van der Waals surface area (Å²) in [6.07, 6.45) is 6.35. The molecule has 0 aliphatic carbocycles. The topological polar surface area (TPSA) is 45.2 Å². The molecule has 1 amide bonds. The molecule has 98 valence electrons. The van der Waals surface area contributed by atoms with E-state index in [0.29, 0.717) is 6.04 Å². The van der Waals surface area contributed by atoms with Crippen LogP contribution < -0.4 is 5.32 Å². The van der Waals surface area contributed by atoms with E-state index < -0.39 is 0 Å². The van der Waals surface area contributed by atoms with Crippen molar-refractivity contribution in [3.05, 3.63) is 23.9 Å². The summed E-state index contributed by atoms with van der Waals surface area (Å²) in [4.78, 5) is 18.6. The number of pyridine rings is 1. The number of amides is 1. The Labute approximate surface area is 108 Å². The lowest BCUT2D eigenvalue weighted by Gasteiger charge is -2.27. The van der Waals surface area contributed by atoms with Crippen molar-refractivity contribution in [3.8, 4) is 0 Å². The summed E-state index contributed by atoms with van der Waals surface area (Å²) < 4.78 is 0. The number of carbonyl (C=O) groups excluding carboxylic acids is 1. The average molecular weight is 247 g/mol. The molecule has 1 saturated heterocycles. The van der Waals surface area contributed by atoms with E-state index in [1.165, 1.54) is 12.8 Å². The Kier molecular flexibility index (Phi) is 4.18. The Balaban J connectivity index is 2.18. The van der Waals surface area contributed by atoms with Crippen LogP contribution in [0.3, 0.4) is 0 Å². The molecule has 1 N–H and O–H groups in total. The van der Waals surface area contributed by atoms with Crippen molar-refractivity contribution in [3.63, 3.8) is 0 Å². The molecule has 1 unspecified atom stereocenters. The fourth-order valence-corrected chi connectivity index (χ4v) is 2.44. The van der Waals surface area contributed by atoms with Gasteiger partial charge in [-0.05, 0) is 31.9 Å². The van der Waals surface area contributed by atoms with Gasteiger partial charge < -0.3 is 10.2 Å². The number of hydrogen-bond donors (Lipinski definition) is 1. The molecule has 1 aromatic heterocycles. The van der Waals surface area contributed by atoms with Crippen LogP contribution in [0.4, 0.5) is 5.82 Å². The monoisotopic (exact) mass is 247 g/mol. The van der Waals surface area contributed by atoms with Crippen LogP contribution in [0, 0.1) is 0 Å². The maximum atomic E-state index is 12.5. The van der Waals surface area contributed by atoms with Gasteiger partial charge in [0.1, 0.15) is 5.82 Å². The first-order chi connectivity index (χ1) is 8.72. The number of aromatic nitrogens is 1. The maximum absolute atomic E-state index is 12.5. The molecule has 0 saturated carbocycles. The van der Waals surface area contributed by atoms with Crippen molar-refractivity contribution in [1.82, 2.24) is 9.88 Å². The lowest BCUT2D eigenvalue weighted by molar-refractivity contribution is 0.0698. The van der Waals surface area contributed by atoms with Gasteiger partial charge in [0, 0.05) is 31.4 Å². The molecule has 1 fully saturated rings. The van der Waals surface area contributed by atoms with Crippen LogP contribution >= 0.6 is 0 Å². The van der Waals surface area contributed by atoms with E-state index >= 15 is 0 Å². The molecular weight excluding hydrogens is 226 g/mol. The number of anilines is 1. The lowest BCUT2D eigenvalue weighted by atomic mass is 10.1. The fourth-order valence-electron chi connectivity index (χ4n) is 2.44. The smallest absolute Gasteiger partial charge is 0.254 e. The van der Waals surface area contributed by atoms with E-state index in [4.69, 9.17) is 0 Å². The molecule has 1 aliphatic heterocycles. The maximum Gasteiger partial charge on any atom is 0.254 e. The second-order valence-electron chi connectivity index (χ2n) is 4.88. The van der Waals surface area contributed by atoms with E-state index in [0.717, 1.165) is 30.8 Å². The van der Waals surface area contributed by atoms with Gasteiger partial charge in [-0.1, -0.05) is 12.8 Å². The minimum Gasteiger partial charge on any atom is -0.373 e. The average Bonchev–Trinajstić information content (AvgIpc) is 2.62. The van der Waals surface area contributed by atoms with Gasteiger partial charge in [0.05, 0.1) is 0 Å². The summed E-state index contributed by atoms with van der Waals surface area (Å²) in [5.74, 6) is 0.867. The van der Waals surface area contributed by atoms with Gasteiger partial charge in [-0.25, -0.2) is 4.98 Å². The van der Waals surface area contributed by atoms with E-state index in [2.05, 4.69) is 17.2 Å². The highest BCUT2D eigenvalue weighted by Crippen LogP contribution is 2.19. The molecule has 0 radical (unpaired) electrons. The van der Waals surface area contributed by atoms with E-state index in [1.807, 2.05) is 18.0 Å². The molecule has 1 aliphatic rings. The normalized spacial score (nSPS) is 20.3. The van der Waals surface area contributed by atoms with Gasteiger partial charge >= 0.3 is 0 Å².